The predicted octanol–water partition coefficient (Wildman–Crippen LogP) is 4.67. The zero-order valence-electron chi connectivity index (χ0n) is 16.0. The smallest absolute Gasteiger partial charge is 0.220 e. The summed E-state index contributed by atoms with van der Waals surface area (Å²) in [6.07, 6.45) is 1.07. The van der Waals surface area contributed by atoms with Crippen molar-refractivity contribution in [3.05, 3.63) is 71.8 Å². The third-order valence-electron chi connectivity index (χ3n) is 4.74. The van der Waals surface area contributed by atoms with E-state index in [9.17, 15) is 4.79 Å². The van der Waals surface area contributed by atoms with Gasteiger partial charge in [-0.05, 0) is 53.4 Å². The van der Waals surface area contributed by atoms with Crippen LogP contribution in [0, 0.1) is 0 Å². The quantitative estimate of drug-likeness (QED) is 0.664. The van der Waals surface area contributed by atoms with Gasteiger partial charge in [-0.15, -0.1) is 0 Å². The minimum atomic E-state index is -0.0347. The fraction of sp³-hybridized carbons (Fsp3) is 0.261. The number of aryl methyl sites for hydroxylation is 1. The highest BCUT2D eigenvalue weighted by molar-refractivity contribution is 5.83. The Bertz CT molecular complexity index is 936. The number of rotatable bonds is 7. The molecule has 1 atom stereocenters. The molecule has 4 heteroatoms. The van der Waals surface area contributed by atoms with Crippen LogP contribution in [0.3, 0.4) is 0 Å². The Hall–Kier alpha value is -3.01. The number of carbonyl (C=O) groups is 1. The van der Waals surface area contributed by atoms with Crippen LogP contribution in [-0.4, -0.2) is 20.1 Å². The third-order valence-corrected chi connectivity index (χ3v) is 4.74. The monoisotopic (exact) mass is 363 g/mol. The second kappa shape index (κ2) is 8.58. The minimum Gasteiger partial charge on any atom is -0.493 e. The number of hydrogen-bond donors (Lipinski definition) is 1. The first kappa shape index (κ1) is 18.8. The third kappa shape index (κ3) is 4.59. The van der Waals surface area contributed by atoms with E-state index in [1.165, 1.54) is 10.8 Å². The Morgan fingerprint density at radius 2 is 1.67 bits per heavy atom. The van der Waals surface area contributed by atoms with Crippen LogP contribution in [0.5, 0.6) is 11.5 Å². The summed E-state index contributed by atoms with van der Waals surface area (Å²) in [6, 6.07) is 20.2. The van der Waals surface area contributed by atoms with Crippen LogP contribution in [0.1, 0.15) is 30.5 Å². The summed E-state index contributed by atoms with van der Waals surface area (Å²) in [4.78, 5) is 12.4. The van der Waals surface area contributed by atoms with E-state index in [1.54, 1.807) is 14.2 Å². The van der Waals surface area contributed by atoms with E-state index < -0.39 is 0 Å². The van der Waals surface area contributed by atoms with E-state index in [1.807, 2.05) is 37.3 Å². The molecular weight excluding hydrogens is 338 g/mol. The highest BCUT2D eigenvalue weighted by atomic mass is 16.5. The van der Waals surface area contributed by atoms with Crippen LogP contribution in [0.4, 0.5) is 0 Å². The number of methoxy groups -OCH3 is 2. The Morgan fingerprint density at radius 1 is 0.926 bits per heavy atom. The molecule has 0 heterocycles. The van der Waals surface area contributed by atoms with Gasteiger partial charge < -0.3 is 14.8 Å². The van der Waals surface area contributed by atoms with Crippen molar-refractivity contribution < 1.29 is 14.3 Å². The summed E-state index contributed by atoms with van der Waals surface area (Å²) in [5.74, 6) is 1.40. The summed E-state index contributed by atoms with van der Waals surface area (Å²) >= 11 is 0. The first-order valence-corrected chi connectivity index (χ1v) is 9.09. The zero-order valence-corrected chi connectivity index (χ0v) is 16.0. The topological polar surface area (TPSA) is 47.6 Å². The molecule has 1 amide bonds. The fourth-order valence-corrected chi connectivity index (χ4v) is 3.17. The first-order chi connectivity index (χ1) is 13.1. The van der Waals surface area contributed by atoms with Gasteiger partial charge in [0.05, 0.1) is 20.3 Å². The van der Waals surface area contributed by atoms with E-state index in [4.69, 9.17) is 9.47 Å². The van der Waals surface area contributed by atoms with Crippen molar-refractivity contribution in [2.45, 2.75) is 25.8 Å². The van der Waals surface area contributed by atoms with Crippen LogP contribution < -0.4 is 14.8 Å². The normalized spacial score (nSPS) is 11.8. The van der Waals surface area contributed by atoms with Gasteiger partial charge in [0, 0.05) is 6.42 Å². The maximum Gasteiger partial charge on any atom is 0.220 e. The SMILES string of the molecule is COc1ccc(CCC(=O)NC(C)c2ccc3ccccc3c2)cc1OC. The Morgan fingerprint density at radius 3 is 2.41 bits per heavy atom. The van der Waals surface area contributed by atoms with E-state index in [0.717, 1.165) is 11.1 Å². The van der Waals surface area contributed by atoms with E-state index >= 15 is 0 Å². The van der Waals surface area contributed by atoms with Crippen molar-refractivity contribution in [3.8, 4) is 11.5 Å². The molecule has 3 aromatic carbocycles. The molecule has 0 aliphatic carbocycles. The van der Waals surface area contributed by atoms with Crippen molar-refractivity contribution in [2.75, 3.05) is 14.2 Å². The molecule has 0 spiro atoms. The van der Waals surface area contributed by atoms with Crippen LogP contribution in [-0.2, 0) is 11.2 Å². The highest BCUT2D eigenvalue weighted by Crippen LogP contribution is 2.28. The summed E-state index contributed by atoms with van der Waals surface area (Å²) < 4.78 is 10.6. The molecule has 27 heavy (non-hydrogen) atoms. The van der Waals surface area contributed by atoms with E-state index in [2.05, 4.69) is 35.6 Å². The van der Waals surface area contributed by atoms with Crippen LogP contribution in [0.25, 0.3) is 10.8 Å². The lowest BCUT2D eigenvalue weighted by Gasteiger charge is -2.15. The number of fused-ring (bicyclic) bond motifs is 1. The van der Waals surface area contributed by atoms with Gasteiger partial charge in [0.25, 0.3) is 0 Å². The van der Waals surface area contributed by atoms with Crippen molar-refractivity contribution in [2.24, 2.45) is 0 Å². The maximum atomic E-state index is 12.4. The number of benzene rings is 3. The van der Waals surface area contributed by atoms with Crippen molar-refractivity contribution in [1.29, 1.82) is 0 Å². The molecule has 140 valence electrons. The van der Waals surface area contributed by atoms with Crippen LogP contribution in [0.15, 0.2) is 60.7 Å². The molecule has 0 aromatic heterocycles. The standard InChI is InChI=1S/C23H25NO3/c1-16(19-11-10-18-6-4-5-7-20(18)15-19)24-23(25)13-9-17-8-12-21(26-2)22(14-17)27-3/h4-8,10-12,14-16H,9,13H2,1-3H3,(H,24,25). The van der Waals surface area contributed by atoms with Crippen molar-refractivity contribution in [3.63, 3.8) is 0 Å². The van der Waals surface area contributed by atoms with Crippen molar-refractivity contribution >= 4 is 16.7 Å². The molecule has 0 radical (unpaired) electrons. The summed E-state index contributed by atoms with van der Waals surface area (Å²) in [6.45, 7) is 2.01. The average molecular weight is 363 g/mol. The molecule has 0 fully saturated rings. The molecule has 1 unspecified atom stereocenters. The van der Waals surface area contributed by atoms with Gasteiger partial charge in [0.2, 0.25) is 5.91 Å². The molecule has 0 bridgehead atoms. The molecule has 0 saturated heterocycles. The molecule has 0 aliphatic heterocycles. The molecule has 3 aromatic rings. The number of hydrogen-bond acceptors (Lipinski definition) is 3. The predicted molar refractivity (Wildman–Crippen MR) is 108 cm³/mol. The highest BCUT2D eigenvalue weighted by Gasteiger charge is 2.11. The molecule has 3 rings (SSSR count). The number of ether oxygens (including phenoxy) is 2. The largest absolute Gasteiger partial charge is 0.493 e. The lowest BCUT2D eigenvalue weighted by molar-refractivity contribution is -0.121. The summed E-state index contributed by atoms with van der Waals surface area (Å²) in [5, 5.41) is 5.47. The van der Waals surface area contributed by atoms with Gasteiger partial charge in [0.15, 0.2) is 11.5 Å². The minimum absolute atomic E-state index is 0.0328. The van der Waals surface area contributed by atoms with E-state index in [0.29, 0.717) is 24.3 Å². The lowest BCUT2D eigenvalue weighted by Crippen LogP contribution is -2.26. The zero-order chi connectivity index (χ0) is 19.2. The Labute approximate surface area is 160 Å². The summed E-state index contributed by atoms with van der Waals surface area (Å²) in [7, 11) is 3.22. The maximum absolute atomic E-state index is 12.4. The molecule has 0 saturated carbocycles. The lowest BCUT2D eigenvalue weighted by atomic mass is 10.0. The molecular formula is C23H25NO3. The van der Waals surface area contributed by atoms with Crippen LogP contribution >= 0.6 is 0 Å². The number of carbonyl (C=O) groups excluding carboxylic acids is 1. The second-order valence-corrected chi connectivity index (χ2v) is 6.59. The number of amides is 1. The summed E-state index contributed by atoms with van der Waals surface area (Å²) in [5.41, 5.74) is 2.15. The number of nitrogens with one attached hydrogen (secondary N) is 1. The van der Waals surface area contributed by atoms with Gasteiger partial charge in [-0.25, -0.2) is 0 Å². The molecule has 1 N–H and O–H groups in total. The van der Waals surface area contributed by atoms with Gasteiger partial charge in [-0.3, -0.25) is 4.79 Å². The Kier molecular flexibility index (Phi) is 5.97. The van der Waals surface area contributed by atoms with Gasteiger partial charge in [-0.1, -0.05) is 42.5 Å². The molecule has 0 aliphatic rings. The van der Waals surface area contributed by atoms with Gasteiger partial charge in [0.1, 0.15) is 0 Å². The van der Waals surface area contributed by atoms with E-state index in [-0.39, 0.29) is 11.9 Å². The first-order valence-electron chi connectivity index (χ1n) is 9.09. The van der Waals surface area contributed by atoms with Gasteiger partial charge in [-0.2, -0.15) is 0 Å². The van der Waals surface area contributed by atoms with Gasteiger partial charge >= 0.3 is 0 Å². The van der Waals surface area contributed by atoms with Crippen molar-refractivity contribution in [1.82, 2.24) is 5.32 Å². The average Bonchev–Trinajstić information content (AvgIpc) is 2.71. The van der Waals surface area contributed by atoms with Crippen LogP contribution in [0.2, 0.25) is 0 Å². The fourth-order valence-electron chi connectivity index (χ4n) is 3.17. The molecule has 4 nitrogen and oxygen atoms in total. The second-order valence-electron chi connectivity index (χ2n) is 6.59. The Balaban J connectivity index is 1.59.